The minimum Gasteiger partial charge on any atom is -0.485 e. The predicted octanol–water partition coefficient (Wildman–Crippen LogP) is 0.286. The molecule has 0 saturated carbocycles. The molecule has 1 aromatic carbocycles. The van der Waals surface area contributed by atoms with E-state index in [9.17, 15) is 9.59 Å². The SMILES string of the molecule is O=C1OCC[C@@H]1N1CCN(C(=O)[C@H]2COc3ccccc3O2)CC1. The minimum atomic E-state index is -0.608. The predicted molar refractivity (Wildman–Crippen MR) is 83.9 cm³/mol. The number of hydrogen-bond acceptors (Lipinski definition) is 6. The van der Waals surface area contributed by atoms with Gasteiger partial charge in [0.15, 0.2) is 11.5 Å². The molecule has 0 unspecified atom stereocenters. The molecule has 2 saturated heterocycles. The Morgan fingerprint density at radius 2 is 1.79 bits per heavy atom. The van der Waals surface area contributed by atoms with Crippen molar-refractivity contribution < 1.29 is 23.8 Å². The van der Waals surface area contributed by atoms with Crippen molar-refractivity contribution in [1.82, 2.24) is 9.80 Å². The molecule has 24 heavy (non-hydrogen) atoms. The highest BCUT2D eigenvalue weighted by Crippen LogP contribution is 2.31. The van der Waals surface area contributed by atoms with Gasteiger partial charge in [-0.3, -0.25) is 14.5 Å². The molecule has 0 aliphatic carbocycles. The molecule has 0 radical (unpaired) electrons. The number of hydrogen-bond donors (Lipinski definition) is 0. The summed E-state index contributed by atoms with van der Waals surface area (Å²) in [5.74, 6) is 1.08. The average Bonchev–Trinajstić information content (AvgIpc) is 3.07. The monoisotopic (exact) mass is 332 g/mol. The standard InChI is InChI=1S/C17H20N2O5/c20-16(15-11-23-13-3-1-2-4-14(13)24-15)19-8-6-18(7-9-19)12-5-10-22-17(12)21/h1-4,12,15H,5-11H2/t12-,15+/m0/s1. The molecule has 0 spiro atoms. The van der Waals surface area contributed by atoms with E-state index in [4.69, 9.17) is 14.2 Å². The molecular formula is C17H20N2O5. The van der Waals surface area contributed by atoms with Gasteiger partial charge < -0.3 is 19.1 Å². The lowest BCUT2D eigenvalue weighted by Crippen LogP contribution is -2.56. The molecule has 3 heterocycles. The number of cyclic esters (lactones) is 1. The first-order chi connectivity index (χ1) is 11.7. The number of nitrogens with zero attached hydrogens (tertiary/aromatic N) is 2. The molecule has 2 atom stereocenters. The zero-order chi connectivity index (χ0) is 16.5. The van der Waals surface area contributed by atoms with E-state index in [0.29, 0.717) is 44.3 Å². The van der Waals surface area contributed by atoms with Crippen molar-refractivity contribution in [2.75, 3.05) is 39.4 Å². The molecule has 7 nitrogen and oxygen atoms in total. The van der Waals surface area contributed by atoms with Crippen LogP contribution in [0.3, 0.4) is 0 Å². The van der Waals surface area contributed by atoms with Crippen LogP contribution in [-0.2, 0) is 14.3 Å². The second kappa shape index (κ2) is 6.32. The van der Waals surface area contributed by atoms with Gasteiger partial charge in [0.1, 0.15) is 12.6 Å². The van der Waals surface area contributed by atoms with Crippen LogP contribution in [0, 0.1) is 0 Å². The molecule has 128 valence electrons. The molecule has 7 heteroatoms. The highest BCUT2D eigenvalue weighted by Gasteiger charge is 2.37. The molecule has 2 fully saturated rings. The normalized spacial score (nSPS) is 27.0. The lowest BCUT2D eigenvalue weighted by Gasteiger charge is -2.38. The van der Waals surface area contributed by atoms with Crippen LogP contribution in [0.15, 0.2) is 24.3 Å². The van der Waals surface area contributed by atoms with Gasteiger partial charge in [-0.1, -0.05) is 12.1 Å². The summed E-state index contributed by atoms with van der Waals surface area (Å²) in [7, 11) is 0. The van der Waals surface area contributed by atoms with E-state index >= 15 is 0 Å². The fraction of sp³-hybridized carbons (Fsp3) is 0.529. The van der Waals surface area contributed by atoms with Crippen LogP contribution in [0.4, 0.5) is 0 Å². The van der Waals surface area contributed by atoms with Gasteiger partial charge in [0, 0.05) is 32.6 Å². The number of carbonyl (C=O) groups is 2. The van der Waals surface area contributed by atoms with Crippen LogP contribution in [0.1, 0.15) is 6.42 Å². The number of carbonyl (C=O) groups excluding carboxylic acids is 2. The highest BCUT2D eigenvalue weighted by atomic mass is 16.6. The summed E-state index contributed by atoms with van der Waals surface area (Å²) in [5, 5.41) is 0. The Kier molecular flexibility index (Phi) is 4.02. The van der Waals surface area contributed by atoms with Crippen molar-refractivity contribution >= 4 is 11.9 Å². The summed E-state index contributed by atoms with van der Waals surface area (Å²) in [4.78, 5) is 28.2. The Morgan fingerprint density at radius 1 is 1.04 bits per heavy atom. The lowest BCUT2D eigenvalue weighted by molar-refractivity contribution is -0.145. The quantitative estimate of drug-likeness (QED) is 0.725. The molecule has 3 aliphatic rings. The Balaban J connectivity index is 1.34. The average molecular weight is 332 g/mol. The van der Waals surface area contributed by atoms with Gasteiger partial charge in [-0.15, -0.1) is 0 Å². The van der Waals surface area contributed by atoms with E-state index in [1.165, 1.54) is 0 Å². The van der Waals surface area contributed by atoms with Gasteiger partial charge >= 0.3 is 5.97 Å². The van der Waals surface area contributed by atoms with Gasteiger partial charge in [0.25, 0.3) is 5.91 Å². The summed E-state index contributed by atoms with van der Waals surface area (Å²) >= 11 is 0. The third-order valence-electron chi connectivity index (χ3n) is 4.76. The van der Waals surface area contributed by atoms with Gasteiger partial charge in [0.2, 0.25) is 6.10 Å². The number of ether oxygens (including phenoxy) is 3. The van der Waals surface area contributed by atoms with Crippen LogP contribution in [-0.4, -0.2) is 73.2 Å². The van der Waals surface area contributed by atoms with E-state index in [2.05, 4.69) is 4.90 Å². The number of rotatable bonds is 2. The molecule has 1 aromatic rings. The number of esters is 1. The maximum absolute atomic E-state index is 12.7. The third kappa shape index (κ3) is 2.80. The van der Waals surface area contributed by atoms with Crippen molar-refractivity contribution in [1.29, 1.82) is 0 Å². The van der Waals surface area contributed by atoms with Crippen LogP contribution in [0.25, 0.3) is 0 Å². The second-order valence-corrected chi connectivity index (χ2v) is 6.20. The highest BCUT2D eigenvalue weighted by molar-refractivity contribution is 5.82. The van der Waals surface area contributed by atoms with E-state index in [1.54, 1.807) is 11.0 Å². The van der Waals surface area contributed by atoms with E-state index in [0.717, 1.165) is 6.42 Å². The number of amides is 1. The maximum Gasteiger partial charge on any atom is 0.323 e. The molecule has 1 amide bonds. The molecule has 0 N–H and O–H groups in total. The Hall–Kier alpha value is -2.28. The van der Waals surface area contributed by atoms with Crippen molar-refractivity contribution in [2.45, 2.75) is 18.6 Å². The fourth-order valence-electron chi connectivity index (χ4n) is 3.42. The van der Waals surface area contributed by atoms with Crippen molar-refractivity contribution in [3.63, 3.8) is 0 Å². The summed E-state index contributed by atoms with van der Waals surface area (Å²) in [5.41, 5.74) is 0. The van der Waals surface area contributed by atoms with E-state index in [1.807, 2.05) is 18.2 Å². The molecule has 0 aromatic heterocycles. The minimum absolute atomic E-state index is 0.0573. The van der Waals surface area contributed by atoms with Crippen molar-refractivity contribution in [3.05, 3.63) is 24.3 Å². The smallest absolute Gasteiger partial charge is 0.323 e. The summed E-state index contributed by atoms with van der Waals surface area (Å²) in [6, 6.07) is 7.21. The summed E-state index contributed by atoms with van der Waals surface area (Å²) in [6.45, 7) is 3.25. The number of piperazine rings is 1. The molecule has 4 rings (SSSR count). The topological polar surface area (TPSA) is 68.3 Å². The second-order valence-electron chi connectivity index (χ2n) is 6.20. The maximum atomic E-state index is 12.7. The molecule has 0 bridgehead atoms. The van der Waals surface area contributed by atoms with Crippen LogP contribution in [0.5, 0.6) is 11.5 Å². The van der Waals surface area contributed by atoms with Gasteiger partial charge in [0.05, 0.1) is 6.61 Å². The Morgan fingerprint density at radius 3 is 2.50 bits per heavy atom. The van der Waals surface area contributed by atoms with E-state index in [-0.39, 0.29) is 24.5 Å². The first kappa shape index (κ1) is 15.3. The molecule has 3 aliphatic heterocycles. The zero-order valence-electron chi connectivity index (χ0n) is 13.3. The van der Waals surface area contributed by atoms with Gasteiger partial charge in [-0.25, -0.2) is 0 Å². The van der Waals surface area contributed by atoms with Gasteiger partial charge in [-0.2, -0.15) is 0 Å². The molecular weight excluding hydrogens is 312 g/mol. The number of fused-ring (bicyclic) bond motifs is 1. The number of benzene rings is 1. The van der Waals surface area contributed by atoms with E-state index < -0.39 is 6.10 Å². The van der Waals surface area contributed by atoms with Crippen molar-refractivity contribution in [2.24, 2.45) is 0 Å². The van der Waals surface area contributed by atoms with Crippen molar-refractivity contribution in [3.8, 4) is 11.5 Å². The van der Waals surface area contributed by atoms with Gasteiger partial charge in [-0.05, 0) is 12.1 Å². The third-order valence-corrected chi connectivity index (χ3v) is 4.76. The van der Waals surface area contributed by atoms with Crippen LogP contribution >= 0.6 is 0 Å². The first-order valence-electron chi connectivity index (χ1n) is 8.30. The summed E-state index contributed by atoms with van der Waals surface area (Å²) < 4.78 is 16.4. The first-order valence-corrected chi connectivity index (χ1v) is 8.30. The largest absolute Gasteiger partial charge is 0.485 e. The fourth-order valence-corrected chi connectivity index (χ4v) is 3.42. The Labute approximate surface area is 140 Å². The number of para-hydroxylation sites is 2. The van der Waals surface area contributed by atoms with Crippen LogP contribution in [0.2, 0.25) is 0 Å². The summed E-state index contributed by atoms with van der Waals surface area (Å²) in [6.07, 6.45) is 0.131. The zero-order valence-corrected chi connectivity index (χ0v) is 13.3. The Bertz CT molecular complexity index is 642. The lowest BCUT2D eigenvalue weighted by atomic mass is 10.1. The van der Waals surface area contributed by atoms with Crippen LogP contribution < -0.4 is 9.47 Å².